The number of nitro groups is 1. The normalized spacial score (nSPS) is 13.1. The van der Waals surface area contributed by atoms with Crippen molar-refractivity contribution in [3.8, 4) is 5.75 Å². The fourth-order valence-electron chi connectivity index (χ4n) is 2.20. The number of hydrogen-bond donors (Lipinski definition) is 1. The van der Waals surface area contributed by atoms with E-state index in [9.17, 15) is 19.7 Å². The minimum Gasteiger partial charge on any atom is -0.489 e. The molecule has 0 radical (unpaired) electrons. The van der Waals surface area contributed by atoms with E-state index in [4.69, 9.17) is 4.74 Å². The quantitative estimate of drug-likeness (QED) is 0.689. The van der Waals surface area contributed by atoms with Crippen LogP contribution in [-0.2, 0) is 6.61 Å². The maximum absolute atomic E-state index is 11.9. The monoisotopic (exact) mass is 298 g/mol. The fourth-order valence-corrected chi connectivity index (χ4v) is 2.20. The third-order valence-electron chi connectivity index (χ3n) is 3.28. The molecule has 0 atom stereocenters. The summed E-state index contributed by atoms with van der Waals surface area (Å²) in [5.41, 5.74) is 1.11. The Bertz CT molecular complexity index is 802. The second-order valence-electron chi connectivity index (χ2n) is 4.67. The highest BCUT2D eigenvalue weighted by Gasteiger charge is 2.24. The van der Waals surface area contributed by atoms with Gasteiger partial charge in [-0.2, -0.15) is 0 Å². The highest BCUT2D eigenvalue weighted by molar-refractivity contribution is 6.21. The van der Waals surface area contributed by atoms with E-state index < -0.39 is 4.92 Å². The molecular weight excluding hydrogens is 288 g/mol. The molecule has 1 aromatic heterocycles. The minimum atomic E-state index is -0.497. The average molecular weight is 298 g/mol. The molecule has 22 heavy (non-hydrogen) atoms. The van der Waals surface area contributed by atoms with Crippen LogP contribution in [0.25, 0.3) is 0 Å². The van der Waals surface area contributed by atoms with E-state index in [0.29, 0.717) is 16.9 Å². The van der Waals surface area contributed by atoms with Crippen LogP contribution < -0.4 is 4.74 Å². The molecule has 0 aliphatic heterocycles. The first-order chi connectivity index (χ1) is 10.6. The molecule has 0 unspecified atom stereocenters. The van der Waals surface area contributed by atoms with Crippen molar-refractivity contribution in [2.75, 3.05) is 0 Å². The van der Waals surface area contributed by atoms with E-state index in [1.165, 1.54) is 36.4 Å². The van der Waals surface area contributed by atoms with Crippen LogP contribution in [0.2, 0.25) is 0 Å². The molecule has 1 N–H and O–H groups in total. The number of aromatic nitrogens is 1. The van der Waals surface area contributed by atoms with Crippen molar-refractivity contribution in [3.05, 3.63) is 69.5 Å². The summed E-state index contributed by atoms with van der Waals surface area (Å²) in [6.07, 6.45) is 4.01. The number of carbonyl (C=O) groups is 2. The van der Waals surface area contributed by atoms with Gasteiger partial charge in [0.1, 0.15) is 12.4 Å². The zero-order valence-electron chi connectivity index (χ0n) is 11.2. The van der Waals surface area contributed by atoms with Gasteiger partial charge in [-0.3, -0.25) is 19.7 Å². The zero-order valence-corrected chi connectivity index (χ0v) is 11.2. The van der Waals surface area contributed by atoms with Crippen LogP contribution in [0.1, 0.15) is 26.4 Å². The highest BCUT2D eigenvalue weighted by atomic mass is 16.6. The second kappa shape index (κ2) is 5.28. The van der Waals surface area contributed by atoms with Gasteiger partial charge < -0.3 is 9.72 Å². The van der Waals surface area contributed by atoms with Gasteiger partial charge in [-0.1, -0.05) is 0 Å². The Hall–Kier alpha value is -3.22. The number of benzene rings is 1. The molecule has 7 nitrogen and oxygen atoms in total. The van der Waals surface area contributed by atoms with Gasteiger partial charge in [-0.15, -0.1) is 0 Å². The average Bonchev–Trinajstić information content (AvgIpc) is 2.94. The summed E-state index contributed by atoms with van der Waals surface area (Å²) in [5.74, 6) is -0.0694. The Balaban J connectivity index is 1.77. The fraction of sp³-hybridized carbons (Fsp3) is 0.0667. The molecule has 0 spiro atoms. The SMILES string of the molecule is O=C1C=CC(=O)c2c(COc3ccc([N+](=O)[O-])cc3)c[nH]c21. The lowest BCUT2D eigenvalue weighted by Crippen LogP contribution is -2.12. The van der Waals surface area contributed by atoms with E-state index in [1.807, 2.05) is 0 Å². The lowest BCUT2D eigenvalue weighted by Gasteiger charge is -2.08. The molecule has 0 fully saturated rings. The van der Waals surface area contributed by atoms with Gasteiger partial charge in [0.2, 0.25) is 5.78 Å². The van der Waals surface area contributed by atoms with E-state index in [1.54, 1.807) is 6.20 Å². The first-order valence-electron chi connectivity index (χ1n) is 6.40. The van der Waals surface area contributed by atoms with Crippen molar-refractivity contribution in [1.29, 1.82) is 0 Å². The number of rotatable bonds is 4. The van der Waals surface area contributed by atoms with Gasteiger partial charge in [0, 0.05) is 23.9 Å². The molecule has 3 rings (SSSR count). The second-order valence-corrected chi connectivity index (χ2v) is 4.67. The van der Waals surface area contributed by atoms with Crippen LogP contribution in [-0.4, -0.2) is 21.5 Å². The Morgan fingerprint density at radius 2 is 1.77 bits per heavy atom. The lowest BCUT2D eigenvalue weighted by molar-refractivity contribution is -0.384. The maximum atomic E-state index is 11.9. The Morgan fingerprint density at radius 3 is 2.45 bits per heavy atom. The number of carbonyl (C=O) groups excluding carboxylic acids is 2. The van der Waals surface area contributed by atoms with Gasteiger partial charge in [0.15, 0.2) is 5.78 Å². The standard InChI is InChI=1S/C15H10N2O5/c18-12-5-6-13(19)15-14(12)9(7-16-15)8-22-11-3-1-10(2-4-11)17(20)21/h1-7,16H,8H2. The number of H-pyrrole nitrogens is 1. The summed E-state index contributed by atoms with van der Waals surface area (Å²) < 4.78 is 5.50. The summed E-state index contributed by atoms with van der Waals surface area (Å²) in [7, 11) is 0. The third kappa shape index (κ3) is 2.39. The van der Waals surface area contributed by atoms with Crippen LogP contribution in [0.5, 0.6) is 5.75 Å². The van der Waals surface area contributed by atoms with Gasteiger partial charge in [-0.05, 0) is 24.3 Å². The number of hydrogen-bond acceptors (Lipinski definition) is 5. The van der Waals surface area contributed by atoms with Gasteiger partial charge in [0.25, 0.3) is 5.69 Å². The Labute approximate surface area is 124 Å². The van der Waals surface area contributed by atoms with E-state index in [0.717, 1.165) is 0 Å². The lowest BCUT2D eigenvalue weighted by atomic mass is 9.99. The summed E-state index contributed by atoms with van der Waals surface area (Å²) in [4.78, 5) is 36.3. The Morgan fingerprint density at radius 1 is 1.09 bits per heavy atom. The topological polar surface area (TPSA) is 102 Å². The van der Waals surface area contributed by atoms with Crippen LogP contribution >= 0.6 is 0 Å². The van der Waals surface area contributed by atoms with Crippen molar-refractivity contribution < 1.29 is 19.2 Å². The predicted octanol–water partition coefficient (Wildman–Crippen LogP) is 2.44. The number of fused-ring (bicyclic) bond motifs is 1. The van der Waals surface area contributed by atoms with Crippen LogP contribution in [0.3, 0.4) is 0 Å². The number of allylic oxidation sites excluding steroid dienone is 2. The van der Waals surface area contributed by atoms with Crippen LogP contribution in [0.15, 0.2) is 42.6 Å². The smallest absolute Gasteiger partial charge is 0.269 e. The van der Waals surface area contributed by atoms with Crippen LogP contribution in [0, 0.1) is 10.1 Å². The molecule has 0 saturated heterocycles. The van der Waals surface area contributed by atoms with Crippen molar-refractivity contribution in [2.45, 2.75) is 6.61 Å². The first-order valence-corrected chi connectivity index (χ1v) is 6.40. The minimum absolute atomic E-state index is 0.0303. The molecular formula is C15H10N2O5. The summed E-state index contributed by atoms with van der Waals surface area (Å²) in [5, 5.41) is 10.6. The van der Waals surface area contributed by atoms with E-state index >= 15 is 0 Å². The first kappa shape index (κ1) is 13.7. The molecule has 1 aliphatic rings. The van der Waals surface area contributed by atoms with E-state index in [2.05, 4.69) is 4.98 Å². The van der Waals surface area contributed by atoms with E-state index in [-0.39, 0.29) is 29.6 Å². The molecule has 7 heteroatoms. The van der Waals surface area contributed by atoms with Gasteiger partial charge in [0.05, 0.1) is 16.2 Å². The zero-order chi connectivity index (χ0) is 15.7. The number of ketones is 2. The largest absolute Gasteiger partial charge is 0.489 e. The Kier molecular flexibility index (Phi) is 3.30. The van der Waals surface area contributed by atoms with Crippen molar-refractivity contribution in [3.63, 3.8) is 0 Å². The summed E-state index contributed by atoms with van der Waals surface area (Å²) >= 11 is 0. The number of nitrogens with one attached hydrogen (secondary N) is 1. The maximum Gasteiger partial charge on any atom is 0.269 e. The molecule has 1 heterocycles. The molecule has 110 valence electrons. The van der Waals surface area contributed by atoms with Gasteiger partial charge >= 0.3 is 0 Å². The molecule has 1 aromatic carbocycles. The summed E-state index contributed by atoms with van der Waals surface area (Å²) in [6.45, 7) is 0.0799. The van der Waals surface area contributed by atoms with Crippen molar-refractivity contribution in [1.82, 2.24) is 4.98 Å². The van der Waals surface area contributed by atoms with Gasteiger partial charge in [-0.25, -0.2) is 0 Å². The highest BCUT2D eigenvalue weighted by Crippen LogP contribution is 2.23. The number of ether oxygens (including phenoxy) is 1. The number of nitro benzene ring substituents is 1. The molecule has 1 aliphatic carbocycles. The number of non-ortho nitro benzene ring substituents is 1. The van der Waals surface area contributed by atoms with Crippen LogP contribution in [0.4, 0.5) is 5.69 Å². The molecule has 2 aromatic rings. The molecule has 0 saturated carbocycles. The third-order valence-corrected chi connectivity index (χ3v) is 3.28. The predicted molar refractivity (Wildman–Crippen MR) is 76.0 cm³/mol. The number of nitrogens with zero attached hydrogens (tertiary/aromatic N) is 1. The van der Waals surface area contributed by atoms with Crippen molar-refractivity contribution >= 4 is 17.3 Å². The number of aromatic amines is 1. The summed E-state index contributed by atoms with van der Waals surface area (Å²) in [6, 6.07) is 5.62. The van der Waals surface area contributed by atoms with Crippen molar-refractivity contribution in [2.24, 2.45) is 0 Å². The molecule has 0 bridgehead atoms. The molecule has 0 amide bonds.